The highest BCUT2D eigenvalue weighted by atomic mass is 16.3. The average molecular weight is 398 g/mol. The van der Waals surface area contributed by atoms with Crippen LogP contribution in [0.5, 0.6) is 0 Å². The fourth-order valence-electron chi connectivity index (χ4n) is 5.54. The van der Waals surface area contributed by atoms with Gasteiger partial charge in [0.2, 0.25) is 0 Å². The van der Waals surface area contributed by atoms with Gasteiger partial charge in [-0.2, -0.15) is 0 Å². The molecule has 2 heteroatoms. The highest BCUT2D eigenvalue weighted by molar-refractivity contribution is 5.45. The number of benzene rings is 3. The van der Waals surface area contributed by atoms with Gasteiger partial charge in [0.25, 0.3) is 0 Å². The summed E-state index contributed by atoms with van der Waals surface area (Å²) in [5.41, 5.74) is 3.47. The zero-order valence-corrected chi connectivity index (χ0v) is 17.7. The largest absolute Gasteiger partial charge is 0.379 e. The van der Waals surface area contributed by atoms with E-state index in [0.717, 1.165) is 11.1 Å². The van der Waals surface area contributed by atoms with Gasteiger partial charge in [0.1, 0.15) is 5.60 Å². The van der Waals surface area contributed by atoms with Gasteiger partial charge in [-0.05, 0) is 36.5 Å². The van der Waals surface area contributed by atoms with E-state index in [1.54, 1.807) is 0 Å². The lowest BCUT2D eigenvalue weighted by atomic mass is 9.81. The predicted octanol–water partition coefficient (Wildman–Crippen LogP) is 5.99. The molecule has 0 spiro atoms. The minimum absolute atomic E-state index is 0.0492. The second-order valence-electron chi connectivity index (χ2n) is 9.04. The summed E-state index contributed by atoms with van der Waals surface area (Å²) in [5, 5.41) is 12.5. The minimum Gasteiger partial charge on any atom is -0.379 e. The maximum Gasteiger partial charge on any atom is 0.132 e. The second-order valence-corrected chi connectivity index (χ2v) is 9.04. The number of nitrogens with zero attached hydrogens (tertiary/aromatic N) is 1. The van der Waals surface area contributed by atoms with Crippen LogP contribution < -0.4 is 0 Å². The van der Waals surface area contributed by atoms with Crippen molar-refractivity contribution in [1.29, 1.82) is 0 Å². The quantitative estimate of drug-likeness (QED) is 0.535. The van der Waals surface area contributed by atoms with E-state index in [1.807, 2.05) is 18.2 Å². The van der Waals surface area contributed by atoms with Crippen LogP contribution in [-0.2, 0) is 5.60 Å². The third-order valence-electron chi connectivity index (χ3n) is 7.12. The zero-order valence-electron chi connectivity index (χ0n) is 17.7. The Kier molecular flexibility index (Phi) is 5.22. The highest BCUT2D eigenvalue weighted by Gasteiger charge is 2.62. The number of hydrogen-bond donors (Lipinski definition) is 1. The van der Waals surface area contributed by atoms with Gasteiger partial charge in [0, 0.05) is 6.04 Å². The molecule has 3 aromatic carbocycles. The molecular weight excluding hydrogens is 366 g/mol. The van der Waals surface area contributed by atoms with Crippen LogP contribution in [0.15, 0.2) is 84.9 Å². The number of aliphatic hydroxyl groups is 1. The molecule has 30 heavy (non-hydrogen) atoms. The molecule has 5 rings (SSSR count). The van der Waals surface area contributed by atoms with Gasteiger partial charge in [0.05, 0.1) is 12.1 Å². The Morgan fingerprint density at radius 1 is 0.733 bits per heavy atom. The number of aryl methyl sites for hydroxylation is 1. The number of rotatable bonds is 5. The first-order valence-corrected chi connectivity index (χ1v) is 11.4. The number of hydrogen-bond acceptors (Lipinski definition) is 2. The first kappa shape index (κ1) is 19.5. The van der Waals surface area contributed by atoms with E-state index in [9.17, 15) is 5.11 Å². The SMILES string of the molecule is Cc1ccc([C@](O)(c2ccccc2)[C@H]2[C@H](c3ccccc3)N2C2CCCCC2)cc1. The monoisotopic (exact) mass is 397 g/mol. The van der Waals surface area contributed by atoms with Crippen molar-refractivity contribution in [3.8, 4) is 0 Å². The van der Waals surface area contributed by atoms with Crippen molar-refractivity contribution in [2.45, 2.75) is 62.8 Å². The molecule has 154 valence electrons. The Bertz CT molecular complexity index is 963. The molecule has 1 unspecified atom stereocenters. The predicted molar refractivity (Wildman–Crippen MR) is 122 cm³/mol. The zero-order chi connectivity index (χ0) is 20.6. The Hall–Kier alpha value is -2.42. The van der Waals surface area contributed by atoms with Crippen LogP contribution in [0, 0.1) is 6.92 Å². The standard InChI is InChI=1S/C28H31NO/c1-21-17-19-24(20-18-21)28(30,23-13-7-3-8-14-23)27-26(22-11-5-2-6-12-22)29(27)25-15-9-4-10-16-25/h2-3,5-8,11-14,17-20,25-27,30H,4,9-10,15-16H2,1H3/t26-,27+,28+,29?/m0/s1. The molecule has 0 amide bonds. The lowest BCUT2D eigenvalue weighted by Crippen LogP contribution is -2.38. The fourth-order valence-corrected chi connectivity index (χ4v) is 5.54. The van der Waals surface area contributed by atoms with E-state index in [1.165, 1.54) is 43.2 Å². The Morgan fingerprint density at radius 2 is 1.30 bits per heavy atom. The molecule has 0 bridgehead atoms. The van der Waals surface area contributed by atoms with E-state index < -0.39 is 5.60 Å². The topological polar surface area (TPSA) is 23.2 Å². The molecule has 3 aromatic rings. The molecule has 1 heterocycles. The molecule has 1 saturated carbocycles. The maximum absolute atomic E-state index is 12.5. The molecule has 1 aliphatic carbocycles. The van der Waals surface area contributed by atoms with E-state index in [2.05, 4.69) is 78.6 Å². The van der Waals surface area contributed by atoms with Crippen molar-refractivity contribution in [3.05, 3.63) is 107 Å². The van der Waals surface area contributed by atoms with E-state index in [-0.39, 0.29) is 12.1 Å². The van der Waals surface area contributed by atoms with Crippen molar-refractivity contribution >= 4 is 0 Å². The van der Waals surface area contributed by atoms with Gasteiger partial charge in [0.15, 0.2) is 0 Å². The molecule has 0 aromatic heterocycles. The van der Waals surface area contributed by atoms with Gasteiger partial charge < -0.3 is 5.11 Å². The van der Waals surface area contributed by atoms with Crippen LogP contribution in [0.2, 0.25) is 0 Å². The van der Waals surface area contributed by atoms with Gasteiger partial charge in [-0.25, -0.2) is 0 Å². The summed E-state index contributed by atoms with van der Waals surface area (Å²) in [4.78, 5) is 2.61. The van der Waals surface area contributed by atoms with Crippen molar-refractivity contribution in [2.24, 2.45) is 0 Å². The molecule has 2 fully saturated rings. The van der Waals surface area contributed by atoms with E-state index in [0.29, 0.717) is 6.04 Å². The Balaban J connectivity index is 1.62. The fraction of sp³-hybridized carbons (Fsp3) is 0.357. The van der Waals surface area contributed by atoms with E-state index in [4.69, 9.17) is 0 Å². The molecular formula is C28H31NO. The summed E-state index contributed by atoms with van der Waals surface area (Å²) in [6, 6.07) is 30.4. The van der Waals surface area contributed by atoms with Gasteiger partial charge in [-0.1, -0.05) is 110 Å². The molecule has 0 radical (unpaired) electrons. The molecule has 2 nitrogen and oxygen atoms in total. The summed E-state index contributed by atoms with van der Waals surface area (Å²) >= 11 is 0. The molecule has 4 atom stereocenters. The Labute approximate surface area is 180 Å². The van der Waals surface area contributed by atoms with Gasteiger partial charge in [-0.15, -0.1) is 0 Å². The molecule has 1 aliphatic heterocycles. The lowest BCUT2D eigenvalue weighted by molar-refractivity contribution is 0.0562. The Morgan fingerprint density at radius 3 is 1.93 bits per heavy atom. The van der Waals surface area contributed by atoms with Crippen molar-refractivity contribution in [1.82, 2.24) is 4.90 Å². The molecule has 1 N–H and O–H groups in total. The van der Waals surface area contributed by atoms with Crippen LogP contribution in [0.4, 0.5) is 0 Å². The van der Waals surface area contributed by atoms with Crippen LogP contribution in [0.25, 0.3) is 0 Å². The van der Waals surface area contributed by atoms with Crippen molar-refractivity contribution < 1.29 is 5.11 Å². The summed E-state index contributed by atoms with van der Waals surface area (Å²) in [6.45, 7) is 2.10. The van der Waals surface area contributed by atoms with Crippen molar-refractivity contribution in [2.75, 3.05) is 0 Å². The third kappa shape index (κ3) is 3.38. The summed E-state index contributed by atoms with van der Waals surface area (Å²) in [7, 11) is 0. The molecule has 2 aliphatic rings. The average Bonchev–Trinajstić information content (AvgIpc) is 3.57. The second kappa shape index (κ2) is 8.02. The van der Waals surface area contributed by atoms with Gasteiger partial charge in [-0.3, -0.25) is 4.90 Å². The van der Waals surface area contributed by atoms with Crippen LogP contribution >= 0.6 is 0 Å². The van der Waals surface area contributed by atoms with Crippen LogP contribution in [0.1, 0.15) is 60.4 Å². The summed E-state index contributed by atoms with van der Waals surface area (Å²) < 4.78 is 0. The van der Waals surface area contributed by atoms with Crippen LogP contribution in [-0.4, -0.2) is 22.1 Å². The van der Waals surface area contributed by atoms with E-state index >= 15 is 0 Å². The maximum atomic E-state index is 12.5. The van der Waals surface area contributed by atoms with Crippen molar-refractivity contribution in [3.63, 3.8) is 0 Å². The lowest BCUT2D eigenvalue weighted by Gasteiger charge is -2.32. The smallest absolute Gasteiger partial charge is 0.132 e. The first-order chi connectivity index (χ1) is 14.7. The highest BCUT2D eigenvalue weighted by Crippen LogP contribution is 2.57. The van der Waals surface area contributed by atoms with Gasteiger partial charge >= 0.3 is 0 Å². The molecule has 1 saturated heterocycles. The van der Waals surface area contributed by atoms with Crippen LogP contribution in [0.3, 0.4) is 0 Å². The summed E-state index contributed by atoms with van der Waals surface area (Å²) in [6.07, 6.45) is 6.40. The third-order valence-corrected chi connectivity index (χ3v) is 7.12. The normalized spacial score (nSPS) is 26.1. The first-order valence-electron chi connectivity index (χ1n) is 11.4. The minimum atomic E-state index is -1.03. The summed E-state index contributed by atoms with van der Waals surface area (Å²) in [5.74, 6) is 0.